The van der Waals surface area contributed by atoms with E-state index >= 15 is 0 Å². The van der Waals surface area contributed by atoms with Crippen molar-refractivity contribution in [2.75, 3.05) is 0 Å². The minimum atomic E-state index is -0.425. The second-order valence-corrected chi connectivity index (χ2v) is 5.08. The molecule has 0 aliphatic carbocycles. The van der Waals surface area contributed by atoms with Crippen LogP contribution >= 0.6 is 11.6 Å². The number of hydrogen-bond acceptors (Lipinski definition) is 1. The van der Waals surface area contributed by atoms with Crippen molar-refractivity contribution >= 4 is 17.5 Å². The van der Waals surface area contributed by atoms with Crippen LogP contribution in [0.1, 0.15) is 34.5 Å². The van der Waals surface area contributed by atoms with Crippen molar-refractivity contribution in [1.82, 2.24) is 5.32 Å². The maximum Gasteiger partial charge on any atom is 0.252 e. The molecule has 4 heteroatoms. The quantitative estimate of drug-likeness (QED) is 0.898. The first-order valence-corrected chi connectivity index (χ1v) is 6.68. The zero-order valence-electron chi connectivity index (χ0n) is 11.3. The molecule has 1 unspecified atom stereocenters. The van der Waals surface area contributed by atoms with Crippen LogP contribution in [-0.4, -0.2) is 5.91 Å². The van der Waals surface area contributed by atoms with Gasteiger partial charge < -0.3 is 5.32 Å². The molecule has 0 fully saturated rings. The lowest BCUT2D eigenvalue weighted by molar-refractivity contribution is 0.0939. The molecule has 0 aliphatic heterocycles. The Morgan fingerprint density at radius 3 is 2.65 bits per heavy atom. The maximum atomic E-state index is 13.2. The number of carbonyl (C=O) groups excluding carboxylic acids is 1. The van der Waals surface area contributed by atoms with Gasteiger partial charge >= 0.3 is 0 Å². The van der Waals surface area contributed by atoms with E-state index in [2.05, 4.69) is 5.32 Å². The molecule has 0 spiro atoms. The Kier molecular flexibility index (Phi) is 4.40. The van der Waals surface area contributed by atoms with Crippen LogP contribution in [0, 0.1) is 12.7 Å². The van der Waals surface area contributed by atoms with Crippen LogP contribution in [0.4, 0.5) is 4.39 Å². The number of nitrogens with one attached hydrogen (secondary N) is 1. The number of amides is 1. The standard InChI is InChI=1S/C16H15ClFNO/c1-10-7-8-12(18)9-14(10)16(20)19-11(2)13-5-3-4-6-15(13)17/h3-9,11H,1-2H3,(H,19,20). The van der Waals surface area contributed by atoms with Crippen LogP contribution in [0.3, 0.4) is 0 Å². The topological polar surface area (TPSA) is 29.1 Å². The highest BCUT2D eigenvalue weighted by atomic mass is 35.5. The minimum Gasteiger partial charge on any atom is -0.345 e. The second kappa shape index (κ2) is 6.06. The smallest absolute Gasteiger partial charge is 0.252 e. The summed E-state index contributed by atoms with van der Waals surface area (Å²) in [4.78, 5) is 12.2. The Balaban J connectivity index is 2.20. The second-order valence-electron chi connectivity index (χ2n) is 4.68. The number of hydrogen-bond donors (Lipinski definition) is 1. The number of aryl methyl sites for hydroxylation is 1. The normalized spacial score (nSPS) is 12.0. The van der Waals surface area contributed by atoms with E-state index in [-0.39, 0.29) is 11.9 Å². The van der Waals surface area contributed by atoms with E-state index in [4.69, 9.17) is 11.6 Å². The molecule has 2 aromatic carbocycles. The highest BCUT2D eigenvalue weighted by molar-refractivity contribution is 6.31. The number of benzene rings is 2. The van der Waals surface area contributed by atoms with Gasteiger partial charge in [0.25, 0.3) is 5.91 Å². The highest BCUT2D eigenvalue weighted by Crippen LogP contribution is 2.22. The largest absolute Gasteiger partial charge is 0.345 e. The molecule has 2 nitrogen and oxygen atoms in total. The van der Waals surface area contributed by atoms with Gasteiger partial charge in [-0.1, -0.05) is 35.9 Å². The van der Waals surface area contributed by atoms with Crippen molar-refractivity contribution in [3.63, 3.8) is 0 Å². The van der Waals surface area contributed by atoms with Gasteiger partial charge in [-0.3, -0.25) is 4.79 Å². The van der Waals surface area contributed by atoms with Gasteiger partial charge in [-0.25, -0.2) is 4.39 Å². The molecule has 104 valence electrons. The molecule has 0 saturated heterocycles. The van der Waals surface area contributed by atoms with Crippen LogP contribution in [0.2, 0.25) is 5.02 Å². The van der Waals surface area contributed by atoms with Gasteiger partial charge in [-0.2, -0.15) is 0 Å². The molecule has 0 aromatic heterocycles. The van der Waals surface area contributed by atoms with E-state index in [1.165, 1.54) is 12.1 Å². The zero-order valence-corrected chi connectivity index (χ0v) is 12.0. The fourth-order valence-electron chi connectivity index (χ4n) is 2.02. The Hall–Kier alpha value is -1.87. The molecule has 1 N–H and O–H groups in total. The van der Waals surface area contributed by atoms with Crippen LogP contribution < -0.4 is 5.32 Å². The molecule has 0 radical (unpaired) electrons. The summed E-state index contributed by atoms with van der Waals surface area (Å²) in [7, 11) is 0. The highest BCUT2D eigenvalue weighted by Gasteiger charge is 2.15. The molecule has 0 saturated carbocycles. The third kappa shape index (κ3) is 3.17. The predicted octanol–water partition coefficient (Wildman–Crippen LogP) is 4.28. The molecule has 2 rings (SSSR count). The van der Waals surface area contributed by atoms with Gasteiger partial charge in [0.2, 0.25) is 0 Å². The van der Waals surface area contributed by atoms with Crippen LogP contribution in [0.15, 0.2) is 42.5 Å². The lowest BCUT2D eigenvalue weighted by Gasteiger charge is -2.16. The monoisotopic (exact) mass is 291 g/mol. The molecule has 2 aromatic rings. The summed E-state index contributed by atoms with van der Waals surface area (Å²) in [5.41, 5.74) is 1.90. The van der Waals surface area contributed by atoms with E-state index in [1.54, 1.807) is 19.1 Å². The molecular weight excluding hydrogens is 277 g/mol. The summed E-state index contributed by atoms with van der Waals surface area (Å²) < 4.78 is 13.2. The van der Waals surface area contributed by atoms with E-state index in [0.29, 0.717) is 10.6 Å². The molecule has 0 heterocycles. The summed E-state index contributed by atoms with van der Waals surface area (Å²) in [5, 5.41) is 3.43. The van der Waals surface area contributed by atoms with E-state index in [1.807, 2.05) is 25.1 Å². The van der Waals surface area contributed by atoms with Crippen LogP contribution in [0.5, 0.6) is 0 Å². The lowest BCUT2D eigenvalue weighted by Crippen LogP contribution is -2.27. The number of halogens is 2. The first-order chi connectivity index (χ1) is 9.49. The first kappa shape index (κ1) is 14.5. The molecular formula is C16H15ClFNO. The minimum absolute atomic E-state index is 0.251. The molecule has 0 bridgehead atoms. The maximum absolute atomic E-state index is 13.2. The van der Waals surface area contributed by atoms with Gasteiger partial charge in [-0.05, 0) is 43.2 Å². The lowest BCUT2D eigenvalue weighted by atomic mass is 10.1. The SMILES string of the molecule is Cc1ccc(F)cc1C(=O)NC(C)c1ccccc1Cl. The van der Waals surface area contributed by atoms with Gasteiger partial charge in [0.1, 0.15) is 5.82 Å². The van der Waals surface area contributed by atoms with Gasteiger partial charge in [0.05, 0.1) is 6.04 Å². The van der Waals surface area contributed by atoms with Crippen molar-refractivity contribution in [3.05, 3.63) is 70.0 Å². The summed E-state index contributed by atoms with van der Waals surface area (Å²) >= 11 is 6.09. The van der Waals surface area contributed by atoms with Crippen molar-refractivity contribution in [2.45, 2.75) is 19.9 Å². The molecule has 1 atom stereocenters. The molecule has 0 aliphatic rings. The van der Waals surface area contributed by atoms with Gasteiger partial charge in [-0.15, -0.1) is 0 Å². The Bertz CT molecular complexity index is 642. The van der Waals surface area contributed by atoms with Crippen LogP contribution in [-0.2, 0) is 0 Å². The fourth-order valence-corrected chi connectivity index (χ4v) is 2.32. The van der Waals surface area contributed by atoms with E-state index < -0.39 is 5.82 Å². The predicted molar refractivity (Wildman–Crippen MR) is 78.5 cm³/mol. The van der Waals surface area contributed by atoms with Crippen LogP contribution in [0.25, 0.3) is 0 Å². The zero-order chi connectivity index (χ0) is 14.7. The van der Waals surface area contributed by atoms with Crippen molar-refractivity contribution < 1.29 is 9.18 Å². The van der Waals surface area contributed by atoms with Crippen molar-refractivity contribution in [2.24, 2.45) is 0 Å². The average Bonchev–Trinajstić information content (AvgIpc) is 2.41. The van der Waals surface area contributed by atoms with Crippen molar-refractivity contribution in [3.8, 4) is 0 Å². The first-order valence-electron chi connectivity index (χ1n) is 6.30. The van der Waals surface area contributed by atoms with E-state index in [9.17, 15) is 9.18 Å². The van der Waals surface area contributed by atoms with Gasteiger partial charge in [0.15, 0.2) is 0 Å². The third-order valence-electron chi connectivity index (χ3n) is 3.16. The Labute approximate surface area is 122 Å². The van der Waals surface area contributed by atoms with Crippen molar-refractivity contribution in [1.29, 1.82) is 0 Å². The number of carbonyl (C=O) groups is 1. The Morgan fingerprint density at radius 1 is 1.25 bits per heavy atom. The summed E-state index contributed by atoms with van der Waals surface area (Å²) in [5.74, 6) is -0.736. The summed E-state index contributed by atoms with van der Waals surface area (Å²) in [6.45, 7) is 3.61. The molecule has 1 amide bonds. The Morgan fingerprint density at radius 2 is 1.95 bits per heavy atom. The fraction of sp³-hybridized carbons (Fsp3) is 0.188. The summed E-state index contributed by atoms with van der Waals surface area (Å²) in [6, 6.07) is 11.2. The third-order valence-corrected chi connectivity index (χ3v) is 3.51. The van der Waals surface area contributed by atoms with E-state index in [0.717, 1.165) is 11.1 Å². The van der Waals surface area contributed by atoms with Gasteiger partial charge in [0, 0.05) is 10.6 Å². The average molecular weight is 292 g/mol. The summed E-state index contributed by atoms with van der Waals surface area (Å²) in [6.07, 6.45) is 0. The number of rotatable bonds is 3. The molecule has 20 heavy (non-hydrogen) atoms.